The second-order valence-corrected chi connectivity index (χ2v) is 9.10. The number of nitrogens with one attached hydrogen (secondary N) is 1. The van der Waals surface area contributed by atoms with E-state index in [1.54, 1.807) is 40.0 Å². The van der Waals surface area contributed by atoms with Crippen molar-refractivity contribution in [3.05, 3.63) is 57.5 Å². The maximum Gasteiger partial charge on any atom is 0.408 e. The number of amides is 1. The molecule has 2 aromatic rings. The SMILES string of the molecule is COC(=O)c1cn(Cc2ccc(OC)cc2)c(=O)c2c1SC[C@@H]2NC(=O)OC(C)(C)C. The Labute approximate surface area is 184 Å². The average Bonchev–Trinajstić information content (AvgIpc) is 3.12. The van der Waals surface area contributed by atoms with Crippen LogP contribution in [0.3, 0.4) is 0 Å². The first-order valence-electron chi connectivity index (χ1n) is 9.74. The Morgan fingerprint density at radius 1 is 1.19 bits per heavy atom. The predicted octanol–water partition coefficient (Wildman–Crippen LogP) is 3.36. The van der Waals surface area contributed by atoms with Crippen molar-refractivity contribution in [3.63, 3.8) is 0 Å². The fourth-order valence-electron chi connectivity index (χ4n) is 3.25. The number of rotatable bonds is 5. The van der Waals surface area contributed by atoms with Crippen molar-refractivity contribution in [2.75, 3.05) is 20.0 Å². The number of methoxy groups -OCH3 is 2. The van der Waals surface area contributed by atoms with Crippen LogP contribution in [0.5, 0.6) is 5.75 Å². The van der Waals surface area contributed by atoms with Gasteiger partial charge >= 0.3 is 12.1 Å². The van der Waals surface area contributed by atoms with Crippen LogP contribution in [0.2, 0.25) is 0 Å². The second-order valence-electron chi connectivity index (χ2n) is 8.07. The number of hydrogen-bond acceptors (Lipinski definition) is 7. The van der Waals surface area contributed by atoms with Gasteiger partial charge in [0.1, 0.15) is 11.4 Å². The van der Waals surface area contributed by atoms with Gasteiger partial charge in [0.25, 0.3) is 5.56 Å². The summed E-state index contributed by atoms with van der Waals surface area (Å²) in [6.45, 7) is 5.55. The van der Waals surface area contributed by atoms with Crippen LogP contribution in [0, 0.1) is 0 Å². The van der Waals surface area contributed by atoms with Gasteiger partial charge in [0.15, 0.2) is 0 Å². The molecule has 0 unspecified atom stereocenters. The topological polar surface area (TPSA) is 95.9 Å². The molecule has 1 N–H and O–H groups in total. The molecule has 1 aromatic carbocycles. The zero-order valence-corrected chi connectivity index (χ0v) is 19.0. The highest BCUT2D eigenvalue weighted by molar-refractivity contribution is 7.99. The molecule has 166 valence electrons. The van der Waals surface area contributed by atoms with Crippen molar-refractivity contribution in [1.82, 2.24) is 9.88 Å². The monoisotopic (exact) mass is 446 g/mol. The molecule has 1 aromatic heterocycles. The molecule has 0 fully saturated rings. The Morgan fingerprint density at radius 2 is 1.87 bits per heavy atom. The van der Waals surface area contributed by atoms with Crippen LogP contribution in [-0.2, 0) is 16.0 Å². The molecular weight excluding hydrogens is 420 g/mol. The van der Waals surface area contributed by atoms with Gasteiger partial charge in [-0.05, 0) is 38.5 Å². The average molecular weight is 447 g/mol. The van der Waals surface area contributed by atoms with Crippen LogP contribution in [0.4, 0.5) is 4.79 Å². The summed E-state index contributed by atoms with van der Waals surface area (Å²) in [6, 6.07) is 6.73. The van der Waals surface area contributed by atoms with E-state index in [2.05, 4.69) is 5.32 Å². The number of fused-ring (bicyclic) bond motifs is 1. The minimum Gasteiger partial charge on any atom is -0.497 e. The zero-order chi connectivity index (χ0) is 22.8. The number of nitrogens with zero attached hydrogens (tertiary/aromatic N) is 1. The minimum absolute atomic E-state index is 0.254. The van der Waals surface area contributed by atoms with Crippen LogP contribution < -0.4 is 15.6 Å². The van der Waals surface area contributed by atoms with Crippen molar-refractivity contribution in [3.8, 4) is 5.75 Å². The van der Waals surface area contributed by atoms with Gasteiger partial charge in [-0.2, -0.15) is 0 Å². The van der Waals surface area contributed by atoms with Gasteiger partial charge in [0.2, 0.25) is 0 Å². The predicted molar refractivity (Wildman–Crippen MR) is 117 cm³/mol. The van der Waals surface area contributed by atoms with Crippen molar-refractivity contribution < 1.29 is 23.8 Å². The molecule has 3 rings (SSSR count). The highest BCUT2D eigenvalue weighted by Crippen LogP contribution is 2.39. The van der Waals surface area contributed by atoms with E-state index < -0.39 is 23.7 Å². The Kier molecular flexibility index (Phi) is 6.64. The Bertz CT molecular complexity index is 1040. The first-order valence-corrected chi connectivity index (χ1v) is 10.7. The summed E-state index contributed by atoms with van der Waals surface area (Å²) in [4.78, 5) is 38.5. The second kappa shape index (κ2) is 9.05. The maximum absolute atomic E-state index is 13.3. The summed E-state index contributed by atoms with van der Waals surface area (Å²) in [6.07, 6.45) is 0.899. The number of aromatic nitrogens is 1. The fraction of sp³-hybridized carbons (Fsp3) is 0.409. The quantitative estimate of drug-likeness (QED) is 0.704. The Balaban J connectivity index is 1.99. The molecule has 0 saturated carbocycles. The molecule has 8 nitrogen and oxygen atoms in total. The fourth-order valence-corrected chi connectivity index (χ4v) is 4.51. The number of thioether (sulfide) groups is 1. The lowest BCUT2D eigenvalue weighted by Crippen LogP contribution is -2.38. The number of ether oxygens (including phenoxy) is 3. The van der Waals surface area contributed by atoms with Crippen molar-refractivity contribution in [1.29, 1.82) is 0 Å². The van der Waals surface area contributed by atoms with E-state index >= 15 is 0 Å². The lowest BCUT2D eigenvalue weighted by molar-refractivity contribution is 0.0508. The Morgan fingerprint density at radius 3 is 2.45 bits per heavy atom. The van der Waals surface area contributed by atoms with Crippen LogP contribution in [0.15, 0.2) is 40.2 Å². The third-order valence-electron chi connectivity index (χ3n) is 4.62. The molecule has 0 saturated heterocycles. The third-order valence-corrected chi connectivity index (χ3v) is 5.85. The van der Waals surface area contributed by atoms with E-state index in [9.17, 15) is 14.4 Å². The van der Waals surface area contributed by atoms with Gasteiger partial charge in [-0.25, -0.2) is 9.59 Å². The number of carbonyl (C=O) groups is 2. The summed E-state index contributed by atoms with van der Waals surface area (Å²) < 4.78 is 16.9. The normalized spacial score (nSPS) is 15.2. The smallest absolute Gasteiger partial charge is 0.408 e. The van der Waals surface area contributed by atoms with E-state index in [4.69, 9.17) is 14.2 Å². The van der Waals surface area contributed by atoms with E-state index in [0.717, 1.165) is 5.56 Å². The number of benzene rings is 1. The highest BCUT2D eigenvalue weighted by Gasteiger charge is 2.34. The third kappa shape index (κ3) is 5.22. The zero-order valence-electron chi connectivity index (χ0n) is 18.2. The molecule has 31 heavy (non-hydrogen) atoms. The summed E-state index contributed by atoms with van der Waals surface area (Å²) in [5.41, 5.74) is 0.586. The molecule has 0 aliphatic carbocycles. The van der Waals surface area contributed by atoms with Gasteiger partial charge in [-0.3, -0.25) is 4.79 Å². The molecule has 1 aliphatic rings. The van der Waals surface area contributed by atoms with Crippen LogP contribution >= 0.6 is 11.8 Å². The van der Waals surface area contributed by atoms with E-state index in [0.29, 0.717) is 27.5 Å². The summed E-state index contributed by atoms with van der Waals surface area (Å²) in [7, 11) is 2.88. The summed E-state index contributed by atoms with van der Waals surface area (Å²) >= 11 is 1.34. The van der Waals surface area contributed by atoms with Crippen molar-refractivity contribution >= 4 is 23.8 Å². The van der Waals surface area contributed by atoms with Crippen LogP contribution in [0.1, 0.15) is 48.3 Å². The molecule has 0 bridgehead atoms. The maximum atomic E-state index is 13.3. The van der Waals surface area contributed by atoms with E-state index in [1.807, 2.05) is 12.1 Å². The molecule has 0 radical (unpaired) electrons. The number of hydrogen-bond donors (Lipinski definition) is 1. The molecular formula is C22H26N2O6S. The van der Waals surface area contributed by atoms with Crippen molar-refractivity contribution in [2.24, 2.45) is 0 Å². The number of alkyl carbamates (subject to hydrolysis) is 1. The molecule has 1 atom stereocenters. The lowest BCUT2D eigenvalue weighted by Gasteiger charge is -2.22. The van der Waals surface area contributed by atoms with Crippen LogP contribution in [0.25, 0.3) is 0 Å². The Hall–Kier alpha value is -2.94. The van der Waals surface area contributed by atoms with Gasteiger partial charge in [0.05, 0.1) is 37.9 Å². The molecule has 1 aliphatic heterocycles. The van der Waals surface area contributed by atoms with Gasteiger partial charge in [-0.15, -0.1) is 11.8 Å². The standard InChI is InChI=1S/C22H26N2O6S/c1-22(2,3)30-21(27)23-16-12-31-18-15(20(26)29-5)11-24(19(25)17(16)18)10-13-6-8-14(28-4)9-7-13/h6-9,11,16H,10,12H2,1-5H3,(H,23,27)/t16-/m0/s1. The summed E-state index contributed by atoms with van der Waals surface area (Å²) in [5.74, 6) is 0.587. The molecule has 9 heteroatoms. The molecule has 0 spiro atoms. The van der Waals surface area contributed by atoms with Gasteiger partial charge in [0, 0.05) is 16.8 Å². The van der Waals surface area contributed by atoms with Crippen molar-refractivity contribution in [2.45, 2.75) is 43.9 Å². The largest absolute Gasteiger partial charge is 0.497 e. The summed E-state index contributed by atoms with van der Waals surface area (Å²) in [5, 5.41) is 2.76. The van der Waals surface area contributed by atoms with Gasteiger partial charge in [-0.1, -0.05) is 12.1 Å². The first kappa shape index (κ1) is 22.7. The lowest BCUT2D eigenvalue weighted by atomic mass is 10.1. The molecule has 1 amide bonds. The van der Waals surface area contributed by atoms with Gasteiger partial charge < -0.3 is 24.1 Å². The number of carbonyl (C=O) groups excluding carboxylic acids is 2. The number of esters is 1. The first-order chi connectivity index (χ1) is 14.6. The number of pyridine rings is 1. The molecule has 2 heterocycles. The minimum atomic E-state index is -0.666. The highest BCUT2D eigenvalue weighted by atomic mass is 32.2. The van der Waals surface area contributed by atoms with Crippen LogP contribution in [-0.4, -0.2) is 42.2 Å². The van der Waals surface area contributed by atoms with E-state index in [1.165, 1.54) is 29.6 Å². The van der Waals surface area contributed by atoms with E-state index in [-0.39, 0.29) is 12.1 Å².